The third kappa shape index (κ3) is 2.82. The van der Waals surface area contributed by atoms with E-state index in [2.05, 4.69) is 5.32 Å². The number of carboxylic acids is 1. The van der Waals surface area contributed by atoms with E-state index in [1.54, 1.807) is 11.4 Å². The normalized spacial score (nSPS) is 23.3. The van der Waals surface area contributed by atoms with E-state index in [9.17, 15) is 24.6 Å². The number of β-lactam (4-membered cyclic amide) rings is 1. The summed E-state index contributed by atoms with van der Waals surface area (Å²) in [4.78, 5) is 37.3. The second-order valence-electron chi connectivity index (χ2n) is 5.66. The summed E-state index contributed by atoms with van der Waals surface area (Å²) >= 11 is 1.27. The zero-order valence-corrected chi connectivity index (χ0v) is 16.4. The van der Waals surface area contributed by atoms with Crippen LogP contribution in [0.3, 0.4) is 0 Å². The number of aliphatic carboxylic acids is 1. The summed E-state index contributed by atoms with van der Waals surface area (Å²) < 4.78 is 0. The second kappa shape index (κ2) is 6.97. The first-order valence-electron chi connectivity index (χ1n) is 7.15. The number of nitrogens with one attached hydrogen (secondary N) is 1. The number of aliphatic hydroxyl groups is 1. The minimum Gasteiger partial charge on any atom is -0.477 e. The molecule has 0 unspecified atom stereocenters. The number of thiophene rings is 1. The Morgan fingerprint density at radius 3 is 2.67 bits per heavy atom. The van der Waals surface area contributed by atoms with Gasteiger partial charge in [-0.2, -0.15) is 0 Å². The number of hydrogen-bond donors (Lipinski definition) is 3. The van der Waals surface area contributed by atoms with Gasteiger partial charge in [0, 0.05) is 52.4 Å². The van der Waals surface area contributed by atoms with Crippen molar-refractivity contribution < 1.29 is 24.6 Å². The number of carboxylic acid groups (broad SMARTS) is 1. The second-order valence-corrected chi connectivity index (χ2v) is 6.57. The smallest absolute Gasteiger partial charge is 0.352 e. The Hall–Kier alpha value is -1.19. The number of carbonyl (C=O) groups excluding carboxylic acids is 2. The number of carbonyl (C=O) groups is 3. The number of nitrogens with zero attached hydrogens (tertiary/aromatic N) is 1. The van der Waals surface area contributed by atoms with Gasteiger partial charge in [-0.3, -0.25) is 9.59 Å². The van der Waals surface area contributed by atoms with E-state index in [1.807, 2.05) is 0 Å². The molecule has 1 saturated heterocycles. The molecule has 9 heteroatoms. The molecule has 0 saturated carbocycles. The molecule has 3 rings (SSSR count). The molecule has 3 atom stereocenters. The monoisotopic (exact) mass is 359 g/mol. The summed E-state index contributed by atoms with van der Waals surface area (Å²) in [6.07, 6.45) is -0.445. The van der Waals surface area contributed by atoms with Crippen molar-refractivity contribution in [1.82, 2.24) is 10.2 Å². The SMILES string of the molecule is CNC(=O)c1csc(C2=C(C(=O)O)N3C(=O)[C@H]([C@@H](C)O)[C@H]3C2)c1.[Na]. The third-order valence-electron chi connectivity index (χ3n) is 4.32. The van der Waals surface area contributed by atoms with Crippen molar-refractivity contribution in [3.05, 3.63) is 27.6 Å². The van der Waals surface area contributed by atoms with Crippen molar-refractivity contribution >= 4 is 64.3 Å². The van der Waals surface area contributed by atoms with E-state index >= 15 is 0 Å². The number of fused-ring (bicyclic) bond motifs is 1. The predicted octanol–water partition coefficient (Wildman–Crippen LogP) is 0.134. The van der Waals surface area contributed by atoms with Crippen molar-refractivity contribution in [1.29, 1.82) is 0 Å². The molecule has 3 N–H and O–H groups in total. The van der Waals surface area contributed by atoms with Crippen LogP contribution in [0, 0.1) is 5.92 Å². The summed E-state index contributed by atoms with van der Waals surface area (Å²) in [6.45, 7) is 1.53. The molecule has 2 aliphatic heterocycles. The van der Waals surface area contributed by atoms with Crippen LogP contribution in [0.2, 0.25) is 0 Å². The standard InChI is InChI=1S/C15H16N2O5S.Na/c1-6(18)11-9-4-8(12(15(21)22)17(9)14(11)20)10-3-7(5-23-10)13(19)16-2;/h3,5-6,9,11,18H,4H2,1-2H3,(H,16,19)(H,21,22);/t6-,9-,11-;/m1./s1. The maximum atomic E-state index is 12.1. The Balaban J connectivity index is 0.00000208. The van der Waals surface area contributed by atoms with Gasteiger partial charge in [0.15, 0.2) is 0 Å². The fourth-order valence-electron chi connectivity index (χ4n) is 3.25. The molecule has 3 heterocycles. The molecule has 0 aliphatic carbocycles. The first-order valence-corrected chi connectivity index (χ1v) is 8.03. The average Bonchev–Trinajstić information content (AvgIpc) is 3.08. The number of amides is 2. The first kappa shape index (κ1) is 19.1. The van der Waals surface area contributed by atoms with E-state index in [0.29, 0.717) is 22.4 Å². The molecular weight excluding hydrogens is 343 g/mol. The largest absolute Gasteiger partial charge is 0.477 e. The van der Waals surface area contributed by atoms with Gasteiger partial charge in [-0.1, -0.05) is 0 Å². The molecule has 0 bridgehead atoms. The van der Waals surface area contributed by atoms with E-state index < -0.39 is 18.0 Å². The van der Waals surface area contributed by atoms with Crippen LogP contribution in [-0.4, -0.2) is 81.6 Å². The van der Waals surface area contributed by atoms with Gasteiger partial charge >= 0.3 is 5.97 Å². The fourth-order valence-corrected chi connectivity index (χ4v) is 4.19. The van der Waals surface area contributed by atoms with E-state index in [0.717, 1.165) is 0 Å². The van der Waals surface area contributed by atoms with Gasteiger partial charge in [-0.15, -0.1) is 11.3 Å². The maximum Gasteiger partial charge on any atom is 0.352 e. The zero-order valence-electron chi connectivity index (χ0n) is 13.6. The summed E-state index contributed by atoms with van der Waals surface area (Å²) in [7, 11) is 1.52. The molecule has 0 aromatic carbocycles. The zero-order chi connectivity index (χ0) is 16.9. The molecule has 1 aromatic rings. The van der Waals surface area contributed by atoms with E-state index in [1.165, 1.54) is 30.2 Å². The van der Waals surface area contributed by atoms with Crippen molar-refractivity contribution in [2.75, 3.05) is 7.05 Å². The Kier molecular flexibility index (Phi) is 5.56. The Morgan fingerprint density at radius 1 is 1.46 bits per heavy atom. The van der Waals surface area contributed by atoms with Gasteiger partial charge in [-0.25, -0.2) is 4.79 Å². The molecule has 0 spiro atoms. The van der Waals surface area contributed by atoms with Gasteiger partial charge in [-0.05, 0) is 19.4 Å². The summed E-state index contributed by atoms with van der Waals surface area (Å²) in [6, 6.07) is 1.31. The van der Waals surface area contributed by atoms with Crippen LogP contribution in [0.4, 0.5) is 0 Å². The van der Waals surface area contributed by atoms with Gasteiger partial charge < -0.3 is 20.4 Å². The average molecular weight is 359 g/mol. The summed E-state index contributed by atoms with van der Waals surface area (Å²) in [5.41, 5.74) is 0.957. The quantitative estimate of drug-likeness (QED) is 0.523. The van der Waals surface area contributed by atoms with Crippen LogP contribution in [0.25, 0.3) is 5.57 Å². The summed E-state index contributed by atoms with van der Waals surface area (Å²) in [5.74, 6) is -2.35. The van der Waals surface area contributed by atoms with Crippen molar-refractivity contribution in [3.8, 4) is 0 Å². The third-order valence-corrected chi connectivity index (χ3v) is 5.31. The van der Waals surface area contributed by atoms with E-state index in [4.69, 9.17) is 0 Å². The van der Waals surface area contributed by atoms with Crippen LogP contribution >= 0.6 is 11.3 Å². The minimum absolute atomic E-state index is 0. The molecule has 7 nitrogen and oxygen atoms in total. The van der Waals surface area contributed by atoms with Crippen molar-refractivity contribution in [3.63, 3.8) is 0 Å². The van der Waals surface area contributed by atoms with Crippen molar-refractivity contribution in [2.24, 2.45) is 5.92 Å². The molecule has 1 fully saturated rings. The topological polar surface area (TPSA) is 107 Å². The number of aliphatic hydroxyl groups excluding tert-OH is 1. The van der Waals surface area contributed by atoms with Gasteiger partial charge in [0.2, 0.25) is 5.91 Å². The molecular formula is C15H16N2NaO5S. The van der Waals surface area contributed by atoms with E-state index in [-0.39, 0.29) is 53.1 Å². The summed E-state index contributed by atoms with van der Waals surface area (Å²) in [5, 5.41) is 23.4. The van der Waals surface area contributed by atoms with Crippen molar-refractivity contribution in [2.45, 2.75) is 25.5 Å². The Labute approximate surface area is 164 Å². The van der Waals surface area contributed by atoms with Crippen LogP contribution < -0.4 is 5.32 Å². The first-order chi connectivity index (χ1) is 10.9. The molecule has 1 radical (unpaired) electrons. The molecule has 1 aromatic heterocycles. The molecule has 24 heavy (non-hydrogen) atoms. The molecule has 123 valence electrons. The maximum absolute atomic E-state index is 12.1. The minimum atomic E-state index is -1.17. The van der Waals surface area contributed by atoms with Crippen LogP contribution in [0.15, 0.2) is 17.1 Å². The Bertz CT molecular complexity index is 742. The van der Waals surface area contributed by atoms with Crippen LogP contribution in [0.5, 0.6) is 0 Å². The van der Waals surface area contributed by atoms with Gasteiger partial charge in [0.1, 0.15) is 5.70 Å². The molecule has 2 amide bonds. The number of rotatable bonds is 4. The van der Waals surface area contributed by atoms with Gasteiger partial charge in [0.25, 0.3) is 5.91 Å². The Morgan fingerprint density at radius 2 is 2.12 bits per heavy atom. The van der Waals surface area contributed by atoms with Gasteiger partial charge in [0.05, 0.1) is 23.6 Å². The predicted molar refractivity (Wildman–Crippen MR) is 88.4 cm³/mol. The van der Waals surface area contributed by atoms with Crippen LogP contribution in [0.1, 0.15) is 28.6 Å². The van der Waals surface area contributed by atoms with Crippen LogP contribution in [-0.2, 0) is 9.59 Å². The number of hydrogen-bond acceptors (Lipinski definition) is 5. The fraction of sp³-hybridized carbons (Fsp3) is 0.400. The molecule has 2 aliphatic rings.